The molecule has 0 aliphatic rings. The zero-order chi connectivity index (χ0) is 12.7. The average Bonchev–Trinajstić information content (AvgIpc) is 2.72. The van der Waals surface area contributed by atoms with Gasteiger partial charge in [0.15, 0.2) is 0 Å². The minimum Gasteiger partial charge on any atom is -0.383 e. The van der Waals surface area contributed by atoms with Crippen molar-refractivity contribution in [2.24, 2.45) is 0 Å². The highest BCUT2D eigenvalue weighted by atomic mass is 16.5. The zero-order valence-corrected chi connectivity index (χ0v) is 11.3. The highest BCUT2D eigenvalue weighted by molar-refractivity contribution is 4.98. The van der Waals surface area contributed by atoms with E-state index in [0.29, 0.717) is 6.04 Å². The van der Waals surface area contributed by atoms with Crippen LogP contribution in [-0.4, -0.2) is 54.8 Å². The number of imidazole rings is 1. The molecule has 0 saturated heterocycles. The summed E-state index contributed by atoms with van der Waals surface area (Å²) >= 11 is 0. The molecule has 1 N–H and O–H groups in total. The summed E-state index contributed by atoms with van der Waals surface area (Å²) in [6, 6.07) is 0.502. The molecule has 5 heteroatoms. The van der Waals surface area contributed by atoms with Gasteiger partial charge in [-0.1, -0.05) is 0 Å². The summed E-state index contributed by atoms with van der Waals surface area (Å²) in [6.45, 7) is 5.62. The van der Waals surface area contributed by atoms with Crippen molar-refractivity contribution >= 4 is 0 Å². The topological polar surface area (TPSA) is 42.3 Å². The first-order chi connectivity index (χ1) is 8.15. The van der Waals surface area contributed by atoms with E-state index in [4.69, 9.17) is 4.74 Å². The minimum atomic E-state index is 0.502. The molecule has 0 saturated carbocycles. The van der Waals surface area contributed by atoms with Crippen molar-refractivity contribution in [3.8, 4) is 0 Å². The maximum Gasteiger partial charge on any atom is 0.0949 e. The van der Waals surface area contributed by atoms with Crippen LogP contribution in [0.4, 0.5) is 0 Å². The smallest absolute Gasteiger partial charge is 0.0949 e. The number of ether oxygens (including phenoxy) is 1. The lowest BCUT2D eigenvalue weighted by Crippen LogP contribution is -2.30. The fourth-order valence-electron chi connectivity index (χ4n) is 1.50. The number of hydrogen-bond acceptors (Lipinski definition) is 4. The van der Waals surface area contributed by atoms with Crippen molar-refractivity contribution in [3.63, 3.8) is 0 Å². The number of rotatable bonds is 8. The molecular weight excluding hydrogens is 216 g/mol. The van der Waals surface area contributed by atoms with Gasteiger partial charge in [0.1, 0.15) is 0 Å². The van der Waals surface area contributed by atoms with Crippen molar-refractivity contribution in [1.82, 2.24) is 19.8 Å². The molecule has 1 atom stereocenters. The van der Waals surface area contributed by atoms with Crippen LogP contribution in [0.25, 0.3) is 0 Å². The lowest BCUT2D eigenvalue weighted by atomic mass is 10.3. The van der Waals surface area contributed by atoms with Crippen LogP contribution in [0.1, 0.15) is 12.6 Å². The van der Waals surface area contributed by atoms with Crippen LogP contribution in [0.2, 0.25) is 0 Å². The second-order valence-corrected chi connectivity index (χ2v) is 4.52. The van der Waals surface area contributed by atoms with Crippen LogP contribution < -0.4 is 5.32 Å². The van der Waals surface area contributed by atoms with Gasteiger partial charge in [-0.3, -0.25) is 0 Å². The van der Waals surface area contributed by atoms with Gasteiger partial charge in [0.2, 0.25) is 0 Å². The Morgan fingerprint density at radius 3 is 2.94 bits per heavy atom. The van der Waals surface area contributed by atoms with Gasteiger partial charge in [-0.05, 0) is 21.0 Å². The van der Waals surface area contributed by atoms with E-state index in [1.807, 2.05) is 12.5 Å². The Balaban J connectivity index is 2.42. The molecule has 0 radical (unpaired) electrons. The molecule has 0 aliphatic carbocycles. The Morgan fingerprint density at radius 1 is 1.53 bits per heavy atom. The molecule has 5 nitrogen and oxygen atoms in total. The lowest BCUT2D eigenvalue weighted by molar-refractivity contribution is 0.199. The van der Waals surface area contributed by atoms with E-state index in [1.54, 1.807) is 7.11 Å². The van der Waals surface area contributed by atoms with Gasteiger partial charge in [0.25, 0.3) is 0 Å². The van der Waals surface area contributed by atoms with E-state index in [9.17, 15) is 0 Å². The summed E-state index contributed by atoms with van der Waals surface area (Å²) in [4.78, 5) is 6.42. The average molecular weight is 240 g/mol. The van der Waals surface area contributed by atoms with Gasteiger partial charge < -0.3 is 19.5 Å². The number of likely N-dealkylation sites (N-methyl/N-ethyl adjacent to an activating group) is 1. The van der Waals surface area contributed by atoms with Gasteiger partial charge in [0.05, 0.1) is 18.6 Å². The van der Waals surface area contributed by atoms with Crippen molar-refractivity contribution in [2.45, 2.75) is 26.1 Å². The van der Waals surface area contributed by atoms with Crippen LogP contribution in [-0.2, 0) is 17.8 Å². The molecule has 17 heavy (non-hydrogen) atoms. The lowest BCUT2D eigenvalue weighted by Gasteiger charge is -2.21. The molecule has 1 unspecified atom stereocenters. The summed E-state index contributed by atoms with van der Waals surface area (Å²) < 4.78 is 7.19. The van der Waals surface area contributed by atoms with Gasteiger partial charge in [-0.25, -0.2) is 4.98 Å². The van der Waals surface area contributed by atoms with Crippen LogP contribution in [0.3, 0.4) is 0 Å². The highest BCUT2D eigenvalue weighted by Gasteiger charge is 2.08. The van der Waals surface area contributed by atoms with E-state index in [0.717, 1.165) is 26.2 Å². The zero-order valence-electron chi connectivity index (χ0n) is 11.3. The third kappa shape index (κ3) is 4.85. The predicted octanol–water partition coefficient (Wildman–Crippen LogP) is 0.569. The van der Waals surface area contributed by atoms with Crippen LogP contribution in [0.15, 0.2) is 12.5 Å². The molecule has 1 rings (SSSR count). The Hall–Kier alpha value is -0.910. The maximum atomic E-state index is 5.00. The second kappa shape index (κ2) is 7.42. The van der Waals surface area contributed by atoms with E-state index in [1.165, 1.54) is 5.69 Å². The summed E-state index contributed by atoms with van der Waals surface area (Å²) in [5.74, 6) is 0. The molecule has 0 aromatic carbocycles. The summed E-state index contributed by atoms with van der Waals surface area (Å²) in [5.41, 5.74) is 1.22. The first-order valence-corrected chi connectivity index (χ1v) is 6.00. The number of aromatic nitrogens is 2. The predicted molar refractivity (Wildman–Crippen MR) is 69.0 cm³/mol. The molecule has 0 bridgehead atoms. The van der Waals surface area contributed by atoms with E-state index < -0.39 is 0 Å². The maximum absolute atomic E-state index is 5.00. The molecule has 0 spiro atoms. The minimum absolute atomic E-state index is 0.502. The first kappa shape index (κ1) is 14.2. The molecular formula is C12H24N4O. The Bertz CT molecular complexity index is 311. The number of nitrogens with zero attached hydrogens (tertiary/aromatic N) is 3. The molecule has 0 amide bonds. The van der Waals surface area contributed by atoms with Crippen molar-refractivity contribution < 1.29 is 4.74 Å². The van der Waals surface area contributed by atoms with Gasteiger partial charge in [-0.2, -0.15) is 0 Å². The molecule has 0 fully saturated rings. The van der Waals surface area contributed by atoms with Gasteiger partial charge in [-0.15, -0.1) is 0 Å². The van der Waals surface area contributed by atoms with E-state index in [-0.39, 0.29) is 0 Å². The van der Waals surface area contributed by atoms with Crippen molar-refractivity contribution in [3.05, 3.63) is 18.2 Å². The Kier molecular flexibility index (Phi) is 6.18. The molecule has 1 heterocycles. The summed E-state index contributed by atoms with van der Waals surface area (Å²) in [7, 11) is 5.90. The number of nitrogens with one attached hydrogen (secondary N) is 1. The van der Waals surface area contributed by atoms with E-state index >= 15 is 0 Å². The van der Waals surface area contributed by atoms with Gasteiger partial charge in [0, 0.05) is 39.0 Å². The third-order valence-electron chi connectivity index (χ3n) is 2.93. The highest BCUT2D eigenvalue weighted by Crippen LogP contribution is 2.03. The van der Waals surface area contributed by atoms with Crippen LogP contribution >= 0.6 is 0 Å². The van der Waals surface area contributed by atoms with Crippen molar-refractivity contribution in [2.75, 3.05) is 34.4 Å². The standard InChI is InChI=1S/C12H24N4O/c1-11(15(2)3)9-16-10-14-8-12(16)7-13-5-6-17-4/h8,10-11,13H,5-7,9H2,1-4H3. The Labute approximate surface area is 104 Å². The number of methoxy groups -OCH3 is 1. The molecule has 1 aromatic heterocycles. The van der Waals surface area contributed by atoms with Crippen molar-refractivity contribution in [1.29, 1.82) is 0 Å². The monoisotopic (exact) mass is 240 g/mol. The largest absolute Gasteiger partial charge is 0.383 e. The third-order valence-corrected chi connectivity index (χ3v) is 2.93. The number of hydrogen-bond donors (Lipinski definition) is 1. The summed E-state index contributed by atoms with van der Waals surface area (Å²) in [5, 5.41) is 3.33. The Morgan fingerprint density at radius 2 is 2.29 bits per heavy atom. The summed E-state index contributed by atoms with van der Waals surface area (Å²) in [6.07, 6.45) is 3.81. The quantitative estimate of drug-likeness (QED) is 0.675. The van der Waals surface area contributed by atoms with E-state index in [2.05, 4.69) is 40.8 Å². The second-order valence-electron chi connectivity index (χ2n) is 4.52. The van der Waals surface area contributed by atoms with Gasteiger partial charge >= 0.3 is 0 Å². The molecule has 0 aliphatic heterocycles. The fraction of sp³-hybridized carbons (Fsp3) is 0.750. The van der Waals surface area contributed by atoms with Crippen LogP contribution in [0.5, 0.6) is 0 Å². The SMILES string of the molecule is COCCNCc1cncn1CC(C)N(C)C. The first-order valence-electron chi connectivity index (χ1n) is 6.00. The molecule has 98 valence electrons. The normalized spacial score (nSPS) is 13.2. The molecule has 1 aromatic rings. The van der Waals surface area contributed by atoms with Crippen LogP contribution in [0, 0.1) is 0 Å². The fourth-order valence-corrected chi connectivity index (χ4v) is 1.50.